The third-order valence-corrected chi connectivity index (χ3v) is 4.49. The second-order valence-electron chi connectivity index (χ2n) is 6.07. The van der Waals surface area contributed by atoms with Crippen molar-refractivity contribution in [2.75, 3.05) is 13.2 Å². The number of rotatable bonds is 6. The topological polar surface area (TPSA) is 90.6 Å². The van der Waals surface area contributed by atoms with Crippen LogP contribution in [0.1, 0.15) is 44.7 Å². The van der Waals surface area contributed by atoms with Crippen LogP contribution in [-0.4, -0.2) is 30.1 Å². The molecule has 6 nitrogen and oxygen atoms in total. The highest BCUT2D eigenvalue weighted by Crippen LogP contribution is 2.39. The fourth-order valence-corrected chi connectivity index (χ4v) is 3.28. The number of allylic oxidation sites excluding steroid dienone is 2. The van der Waals surface area contributed by atoms with E-state index in [4.69, 9.17) is 27.4 Å². The number of esters is 2. The van der Waals surface area contributed by atoms with Crippen LogP contribution in [0.5, 0.6) is 0 Å². The number of nitrogens with two attached hydrogens (primary N) is 1. The monoisotopic (exact) mass is 388 g/mol. The van der Waals surface area contributed by atoms with E-state index in [1.165, 1.54) is 0 Å². The lowest BCUT2D eigenvalue weighted by molar-refractivity contribution is -0.139. The summed E-state index contributed by atoms with van der Waals surface area (Å²) in [5, 5.41) is 3.10. The van der Waals surface area contributed by atoms with Gasteiger partial charge in [-0.1, -0.05) is 30.4 Å². The molecule has 0 unspecified atom stereocenters. The van der Waals surface area contributed by atoms with Gasteiger partial charge in [-0.15, -0.1) is 0 Å². The molecule has 1 aliphatic heterocycles. The molecule has 0 fully saturated rings. The number of carbonyl (C=O) groups excluding carboxylic acids is 2. The molecular formula is C20H24N2O4S. The van der Waals surface area contributed by atoms with E-state index < -0.39 is 17.9 Å². The van der Waals surface area contributed by atoms with E-state index in [0.717, 1.165) is 0 Å². The number of thiocarbonyl (C=S) groups is 1. The van der Waals surface area contributed by atoms with Gasteiger partial charge in [-0.2, -0.15) is 0 Å². The first-order valence-electron chi connectivity index (χ1n) is 8.74. The van der Waals surface area contributed by atoms with Crippen molar-refractivity contribution in [3.05, 3.63) is 57.9 Å². The van der Waals surface area contributed by atoms with Gasteiger partial charge in [0.2, 0.25) is 0 Å². The molecule has 1 aromatic carbocycles. The van der Waals surface area contributed by atoms with Crippen LogP contribution in [-0.2, 0) is 19.1 Å². The Hall–Kier alpha value is -2.67. The molecule has 0 amide bonds. The van der Waals surface area contributed by atoms with Crippen LogP contribution in [0.2, 0.25) is 0 Å². The average molecular weight is 388 g/mol. The minimum atomic E-state index is -0.640. The van der Waals surface area contributed by atoms with Gasteiger partial charge in [-0.25, -0.2) is 9.59 Å². The van der Waals surface area contributed by atoms with Gasteiger partial charge in [-0.05, 0) is 39.3 Å². The van der Waals surface area contributed by atoms with Crippen molar-refractivity contribution < 1.29 is 19.1 Å². The Kier molecular flexibility index (Phi) is 6.74. The lowest BCUT2D eigenvalue weighted by atomic mass is 9.80. The van der Waals surface area contributed by atoms with Crippen molar-refractivity contribution in [1.82, 2.24) is 5.32 Å². The minimum absolute atomic E-state index is 0.229. The van der Waals surface area contributed by atoms with Crippen molar-refractivity contribution in [2.24, 2.45) is 5.73 Å². The van der Waals surface area contributed by atoms with Gasteiger partial charge in [0.15, 0.2) is 0 Å². The van der Waals surface area contributed by atoms with Crippen molar-refractivity contribution in [3.63, 3.8) is 0 Å². The zero-order valence-corrected chi connectivity index (χ0v) is 16.7. The molecule has 2 rings (SSSR count). The molecule has 0 bridgehead atoms. The number of hydrogen-bond donors (Lipinski definition) is 2. The first-order valence-corrected chi connectivity index (χ1v) is 9.15. The summed E-state index contributed by atoms with van der Waals surface area (Å²) in [5.74, 6) is -1.61. The Morgan fingerprint density at radius 3 is 2.04 bits per heavy atom. The van der Waals surface area contributed by atoms with E-state index in [-0.39, 0.29) is 18.2 Å². The standard InChI is InChI=1S/C20H24N2O4S/c1-5-25-19(23)15-11(3)22-12(4)16(20(24)26-6-2)17(15)13-8-7-9-14(10-13)18(21)27/h7-10,17,22H,5-6H2,1-4H3,(H2,21,27). The van der Waals surface area contributed by atoms with Crippen molar-refractivity contribution in [3.8, 4) is 0 Å². The van der Waals surface area contributed by atoms with Crippen LogP contribution in [0.3, 0.4) is 0 Å². The van der Waals surface area contributed by atoms with Gasteiger partial charge < -0.3 is 20.5 Å². The molecule has 27 heavy (non-hydrogen) atoms. The van der Waals surface area contributed by atoms with Crippen LogP contribution >= 0.6 is 12.2 Å². The highest BCUT2D eigenvalue weighted by molar-refractivity contribution is 7.80. The van der Waals surface area contributed by atoms with E-state index in [1.54, 1.807) is 45.9 Å². The van der Waals surface area contributed by atoms with E-state index in [0.29, 0.717) is 33.7 Å². The molecule has 7 heteroatoms. The SMILES string of the molecule is CCOC(=O)C1=C(C)NC(C)=C(C(=O)OCC)C1c1cccc(C(N)=S)c1. The lowest BCUT2D eigenvalue weighted by Crippen LogP contribution is -2.32. The summed E-state index contributed by atoms with van der Waals surface area (Å²) < 4.78 is 10.5. The second-order valence-corrected chi connectivity index (χ2v) is 6.51. The molecule has 3 N–H and O–H groups in total. The maximum atomic E-state index is 12.7. The van der Waals surface area contributed by atoms with E-state index in [1.807, 2.05) is 6.07 Å². The van der Waals surface area contributed by atoms with Crippen LogP contribution in [0.25, 0.3) is 0 Å². The molecule has 144 valence electrons. The molecule has 0 saturated carbocycles. The third kappa shape index (κ3) is 4.36. The summed E-state index contributed by atoms with van der Waals surface area (Å²) in [4.78, 5) is 25.6. The highest BCUT2D eigenvalue weighted by Gasteiger charge is 2.37. The molecule has 0 saturated heterocycles. The van der Waals surface area contributed by atoms with E-state index >= 15 is 0 Å². The summed E-state index contributed by atoms with van der Waals surface area (Å²) in [6.07, 6.45) is 0. The predicted molar refractivity (Wildman–Crippen MR) is 107 cm³/mol. The minimum Gasteiger partial charge on any atom is -0.463 e. The third-order valence-electron chi connectivity index (χ3n) is 4.26. The van der Waals surface area contributed by atoms with E-state index in [9.17, 15) is 9.59 Å². The number of dihydropyridines is 1. The van der Waals surface area contributed by atoms with Crippen molar-refractivity contribution in [2.45, 2.75) is 33.6 Å². The highest BCUT2D eigenvalue weighted by atomic mass is 32.1. The Balaban J connectivity index is 2.68. The Bertz CT molecular complexity index is 802. The maximum Gasteiger partial charge on any atom is 0.336 e. The number of hydrogen-bond acceptors (Lipinski definition) is 6. The van der Waals surface area contributed by atoms with Crippen LogP contribution < -0.4 is 11.1 Å². The number of benzene rings is 1. The van der Waals surface area contributed by atoms with Crippen LogP contribution in [0, 0.1) is 0 Å². The molecule has 0 aromatic heterocycles. The smallest absolute Gasteiger partial charge is 0.336 e. The average Bonchev–Trinajstić information content (AvgIpc) is 2.61. The second kappa shape index (κ2) is 8.81. The molecule has 0 radical (unpaired) electrons. The quantitative estimate of drug-likeness (QED) is 0.572. The first-order chi connectivity index (χ1) is 12.8. The molecule has 0 aliphatic carbocycles. The predicted octanol–water partition coefficient (Wildman–Crippen LogP) is 2.68. The summed E-state index contributed by atoms with van der Waals surface area (Å²) in [7, 11) is 0. The Labute approximate surface area is 164 Å². The fourth-order valence-electron chi connectivity index (χ4n) is 3.16. The van der Waals surface area contributed by atoms with Crippen molar-refractivity contribution in [1.29, 1.82) is 0 Å². The number of ether oxygens (including phenoxy) is 2. The molecule has 1 heterocycles. The van der Waals surface area contributed by atoms with Crippen molar-refractivity contribution >= 4 is 29.1 Å². The molecule has 0 atom stereocenters. The van der Waals surface area contributed by atoms with E-state index in [2.05, 4.69) is 5.32 Å². The van der Waals surface area contributed by atoms with Gasteiger partial charge >= 0.3 is 11.9 Å². The summed E-state index contributed by atoms with van der Waals surface area (Å²) >= 11 is 5.07. The van der Waals surface area contributed by atoms with Crippen LogP contribution in [0.4, 0.5) is 0 Å². The van der Waals surface area contributed by atoms with Gasteiger partial charge in [0.1, 0.15) is 4.99 Å². The fraction of sp³-hybridized carbons (Fsp3) is 0.350. The maximum absolute atomic E-state index is 12.7. The molecule has 1 aromatic rings. The molecule has 1 aliphatic rings. The Morgan fingerprint density at radius 2 is 1.59 bits per heavy atom. The number of carbonyl (C=O) groups is 2. The molecular weight excluding hydrogens is 364 g/mol. The number of nitrogens with one attached hydrogen (secondary N) is 1. The normalized spacial score (nSPS) is 14.7. The van der Waals surface area contributed by atoms with Gasteiger partial charge in [0, 0.05) is 17.0 Å². The van der Waals surface area contributed by atoms with Crippen LogP contribution in [0.15, 0.2) is 46.8 Å². The summed E-state index contributed by atoms with van der Waals surface area (Å²) in [6.45, 7) is 7.49. The molecule has 0 spiro atoms. The van der Waals surface area contributed by atoms with Gasteiger partial charge in [0.25, 0.3) is 0 Å². The van der Waals surface area contributed by atoms with Gasteiger partial charge in [0.05, 0.1) is 30.3 Å². The Morgan fingerprint density at radius 1 is 1.07 bits per heavy atom. The summed E-state index contributed by atoms with van der Waals surface area (Å²) in [5.41, 5.74) is 9.12. The zero-order valence-electron chi connectivity index (χ0n) is 15.9. The lowest BCUT2D eigenvalue weighted by Gasteiger charge is -2.30. The summed E-state index contributed by atoms with van der Waals surface area (Å²) in [6, 6.07) is 7.20. The van der Waals surface area contributed by atoms with Gasteiger partial charge in [-0.3, -0.25) is 0 Å². The largest absolute Gasteiger partial charge is 0.463 e. The first kappa shape index (κ1) is 20.6. The zero-order chi connectivity index (χ0) is 20.1.